The van der Waals surface area contributed by atoms with Crippen molar-refractivity contribution in [3.05, 3.63) is 60.5 Å². The van der Waals surface area contributed by atoms with E-state index in [1.807, 2.05) is 19.1 Å². The molecule has 2 rings (SSSR count). The van der Waals surface area contributed by atoms with Gasteiger partial charge in [0.1, 0.15) is 5.75 Å². The van der Waals surface area contributed by atoms with E-state index in [-0.39, 0.29) is 21.5 Å². The van der Waals surface area contributed by atoms with Crippen LogP contribution in [0, 0.1) is 17.0 Å². The van der Waals surface area contributed by atoms with E-state index in [1.165, 1.54) is 18.3 Å². The fourth-order valence-corrected chi connectivity index (χ4v) is 2.37. The molecule has 1 N–H and O–H groups in total. The van der Waals surface area contributed by atoms with E-state index >= 15 is 0 Å². The lowest BCUT2D eigenvalue weighted by Crippen LogP contribution is -1.91. The van der Waals surface area contributed by atoms with Gasteiger partial charge in [0.25, 0.3) is 5.69 Å². The number of non-ortho nitro benzene ring substituents is 1. The third kappa shape index (κ3) is 3.68. The minimum atomic E-state index is -0.523. The zero-order chi connectivity index (χ0) is 15.6. The molecule has 0 atom stereocenters. The third-order valence-corrected chi connectivity index (χ3v) is 4.28. The van der Waals surface area contributed by atoms with Crippen LogP contribution < -0.4 is 0 Å². The van der Waals surface area contributed by atoms with Crippen LogP contribution in [0.2, 0.25) is 0 Å². The minimum absolute atomic E-state index is 0.0850. The molecule has 2 aromatic rings. The molecule has 0 bridgehead atoms. The maximum Gasteiger partial charge on any atom is 0.271 e. The highest BCUT2D eigenvalue weighted by Gasteiger charge is 2.13. The highest BCUT2D eigenvalue weighted by molar-refractivity contribution is 9.10. The Morgan fingerprint density at radius 1 is 1.24 bits per heavy atom. The number of nitro benzene ring substituents is 1. The number of nitro groups is 1. The van der Waals surface area contributed by atoms with E-state index < -0.39 is 4.92 Å². The first-order chi connectivity index (χ1) is 9.88. The first-order valence-corrected chi connectivity index (χ1v) is 7.44. The Bertz CT molecular complexity index is 745. The fourth-order valence-electron chi connectivity index (χ4n) is 1.66. The molecule has 0 fully saturated rings. The summed E-state index contributed by atoms with van der Waals surface area (Å²) in [6, 6.07) is 8.05. The number of nitrogens with zero attached hydrogens (tertiary/aromatic N) is 2. The molecule has 0 aromatic heterocycles. The zero-order valence-electron chi connectivity index (χ0n) is 10.9. The van der Waals surface area contributed by atoms with Gasteiger partial charge in [-0.15, -0.1) is 0 Å². The normalized spacial score (nSPS) is 11.0. The third-order valence-electron chi connectivity index (χ3n) is 2.78. The molecule has 0 unspecified atom stereocenters. The van der Waals surface area contributed by atoms with Gasteiger partial charge in [-0.25, -0.2) is 0 Å². The lowest BCUT2D eigenvalue weighted by atomic mass is 10.2. The smallest absolute Gasteiger partial charge is 0.271 e. The van der Waals surface area contributed by atoms with Crippen LogP contribution in [0.25, 0.3) is 0 Å². The lowest BCUT2D eigenvalue weighted by Gasteiger charge is -2.03. The van der Waals surface area contributed by atoms with E-state index in [4.69, 9.17) is 0 Å². The monoisotopic (exact) mass is 412 g/mol. The van der Waals surface area contributed by atoms with Crippen LogP contribution in [0.1, 0.15) is 11.1 Å². The van der Waals surface area contributed by atoms with Gasteiger partial charge in [-0.2, -0.15) is 0 Å². The highest BCUT2D eigenvalue weighted by Crippen LogP contribution is 2.32. The van der Waals surface area contributed by atoms with Crippen molar-refractivity contribution < 1.29 is 10.0 Å². The van der Waals surface area contributed by atoms with E-state index in [1.54, 1.807) is 6.07 Å². The number of benzene rings is 2. The number of phenols is 1. The van der Waals surface area contributed by atoms with Gasteiger partial charge in [0.2, 0.25) is 0 Å². The minimum Gasteiger partial charge on any atom is -0.506 e. The molecule has 108 valence electrons. The molecule has 2 aromatic carbocycles. The van der Waals surface area contributed by atoms with E-state index in [0.717, 1.165) is 10.0 Å². The first kappa shape index (κ1) is 15.7. The predicted molar refractivity (Wildman–Crippen MR) is 88.6 cm³/mol. The number of aliphatic imine (C=N–C) groups is 1. The van der Waals surface area contributed by atoms with Crippen molar-refractivity contribution in [3.8, 4) is 5.75 Å². The summed E-state index contributed by atoms with van der Waals surface area (Å²) in [5, 5.41) is 20.7. The van der Waals surface area contributed by atoms with Crippen LogP contribution in [0.4, 0.5) is 11.4 Å². The molecule has 0 amide bonds. The predicted octanol–water partition coefficient (Wildman–Crippen LogP) is 4.88. The summed E-state index contributed by atoms with van der Waals surface area (Å²) in [4.78, 5) is 14.5. The van der Waals surface area contributed by atoms with Gasteiger partial charge in [-0.1, -0.05) is 15.9 Å². The van der Waals surface area contributed by atoms with Crippen LogP contribution in [0.5, 0.6) is 5.75 Å². The molecule has 0 aliphatic heterocycles. The van der Waals surface area contributed by atoms with Crippen molar-refractivity contribution in [1.82, 2.24) is 0 Å². The zero-order valence-corrected chi connectivity index (χ0v) is 14.1. The summed E-state index contributed by atoms with van der Waals surface area (Å²) in [7, 11) is 0. The molecule has 21 heavy (non-hydrogen) atoms. The van der Waals surface area contributed by atoms with Crippen LogP contribution in [-0.4, -0.2) is 16.2 Å². The van der Waals surface area contributed by atoms with Crippen molar-refractivity contribution in [3.63, 3.8) is 0 Å². The lowest BCUT2D eigenvalue weighted by molar-refractivity contribution is -0.385. The van der Waals surface area contributed by atoms with Gasteiger partial charge in [0.05, 0.1) is 15.1 Å². The maximum absolute atomic E-state index is 10.8. The average molecular weight is 414 g/mol. The van der Waals surface area contributed by atoms with Crippen LogP contribution >= 0.6 is 31.9 Å². The molecule has 7 heteroatoms. The maximum atomic E-state index is 10.8. The largest absolute Gasteiger partial charge is 0.506 e. The van der Waals surface area contributed by atoms with Crippen molar-refractivity contribution in [1.29, 1.82) is 0 Å². The summed E-state index contributed by atoms with van der Waals surface area (Å²) in [5.41, 5.74) is 1.87. The summed E-state index contributed by atoms with van der Waals surface area (Å²) < 4.78 is 1.23. The number of rotatable bonds is 3. The topological polar surface area (TPSA) is 75.7 Å². The fraction of sp³-hybridized carbons (Fsp3) is 0.0714. The molecule has 0 heterocycles. The highest BCUT2D eigenvalue weighted by atomic mass is 79.9. The molecule has 5 nitrogen and oxygen atoms in total. The Kier molecular flexibility index (Phi) is 4.74. The summed E-state index contributed by atoms with van der Waals surface area (Å²) in [6.45, 7) is 1.94. The molecule has 0 spiro atoms. The Balaban J connectivity index is 2.40. The van der Waals surface area contributed by atoms with Crippen LogP contribution in [0.3, 0.4) is 0 Å². The van der Waals surface area contributed by atoms with Gasteiger partial charge < -0.3 is 5.11 Å². The molecule has 0 saturated carbocycles. The summed E-state index contributed by atoms with van der Waals surface area (Å²) in [6.07, 6.45) is 1.40. The van der Waals surface area contributed by atoms with Gasteiger partial charge >= 0.3 is 0 Å². The van der Waals surface area contributed by atoms with E-state index in [0.29, 0.717) is 5.69 Å². The van der Waals surface area contributed by atoms with E-state index in [2.05, 4.69) is 36.9 Å². The van der Waals surface area contributed by atoms with Gasteiger partial charge in [-0.3, -0.25) is 15.1 Å². The SMILES string of the molecule is Cc1cc(N=Cc2cc([N+](=O)[O-])cc(Br)c2O)ccc1Br. The van der Waals surface area contributed by atoms with Gasteiger partial charge in [0.15, 0.2) is 0 Å². The Labute approximate surface area is 137 Å². The molecular formula is C14H10Br2N2O3. The second-order valence-electron chi connectivity index (χ2n) is 4.31. The second kappa shape index (κ2) is 6.36. The first-order valence-electron chi connectivity index (χ1n) is 5.85. The number of phenolic OH excluding ortho intramolecular Hbond substituents is 1. The summed E-state index contributed by atoms with van der Waals surface area (Å²) >= 11 is 6.49. The van der Waals surface area contributed by atoms with Gasteiger partial charge in [0, 0.05) is 28.4 Å². The van der Waals surface area contributed by atoms with E-state index in [9.17, 15) is 15.2 Å². The Morgan fingerprint density at radius 3 is 2.57 bits per heavy atom. The Hall–Kier alpha value is -1.73. The number of aryl methyl sites for hydroxylation is 1. The molecular weight excluding hydrogens is 404 g/mol. The molecule has 0 aliphatic carbocycles. The molecule has 0 saturated heterocycles. The van der Waals surface area contributed by atoms with Crippen LogP contribution in [0.15, 0.2) is 44.3 Å². The number of halogens is 2. The standard InChI is InChI=1S/C14H10Br2N2O3/c1-8-4-10(2-3-12(8)15)17-7-9-5-11(18(20)21)6-13(16)14(9)19/h2-7,19H,1H3. The number of hydrogen-bond donors (Lipinski definition) is 1. The molecule has 0 radical (unpaired) electrons. The molecule has 0 aliphatic rings. The second-order valence-corrected chi connectivity index (χ2v) is 6.02. The number of hydrogen-bond acceptors (Lipinski definition) is 4. The average Bonchev–Trinajstić information content (AvgIpc) is 2.43. The number of aromatic hydroxyl groups is 1. The van der Waals surface area contributed by atoms with Gasteiger partial charge in [-0.05, 0) is 46.6 Å². The van der Waals surface area contributed by atoms with Crippen LogP contribution in [-0.2, 0) is 0 Å². The van der Waals surface area contributed by atoms with Crippen molar-refractivity contribution in [2.45, 2.75) is 6.92 Å². The quantitative estimate of drug-likeness (QED) is 0.442. The van der Waals surface area contributed by atoms with Crippen molar-refractivity contribution >= 4 is 49.4 Å². The summed E-state index contributed by atoms with van der Waals surface area (Å²) in [5.74, 6) is -0.0850. The van der Waals surface area contributed by atoms with Crippen molar-refractivity contribution in [2.75, 3.05) is 0 Å². The van der Waals surface area contributed by atoms with Crippen molar-refractivity contribution in [2.24, 2.45) is 4.99 Å². The Morgan fingerprint density at radius 2 is 1.95 bits per heavy atom.